The molecule has 1 saturated heterocycles. The molecule has 1 atom stereocenters. The first-order chi connectivity index (χ1) is 9.32. The van der Waals surface area contributed by atoms with Gasteiger partial charge in [-0.15, -0.1) is 0 Å². The maximum Gasteiger partial charge on any atom is 0.306 e. The van der Waals surface area contributed by atoms with Crippen molar-refractivity contribution in [3.63, 3.8) is 0 Å². The fraction of sp³-hybridized carbons (Fsp3) is 0.455. The second-order valence-electron chi connectivity index (χ2n) is 4.64. The lowest BCUT2D eigenvalue weighted by Gasteiger charge is -2.29. The van der Waals surface area contributed by atoms with E-state index in [2.05, 4.69) is 0 Å². The Balaban J connectivity index is 2.39. The number of nitro benzene ring substituents is 1. The van der Waals surface area contributed by atoms with E-state index in [0.717, 1.165) is 24.6 Å². The number of halogens is 1. The van der Waals surface area contributed by atoms with Crippen LogP contribution in [0.3, 0.4) is 0 Å². The third-order valence-electron chi connectivity index (χ3n) is 3.17. The predicted molar refractivity (Wildman–Crippen MR) is 69.0 cm³/mol. The molecular formula is C11H14FN3O4S. The number of piperidine rings is 1. The van der Waals surface area contributed by atoms with Crippen LogP contribution in [0, 0.1) is 15.9 Å². The van der Waals surface area contributed by atoms with Crippen LogP contribution in [0.2, 0.25) is 0 Å². The first-order valence-corrected chi connectivity index (χ1v) is 7.46. The molecule has 0 bridgehead atoms. The molecule has 110 valence electrons. The highest BCUT2D eigenvalue weighted by Crippen LogP contribution is 2.25. The van der Waals surface area contributed by atoms with E-state index in [0.29, 0.717) is 13.0 Å². The van der Waals surface area contributed by atoms with Crippen LogP contribution in [0.15, 0.2) is 23.1 Å². The first-order valence-electron chi connectivity index (χ1n) is 6.02. The normalized spacial score (nSPS) is 20.8. The van der Waals surface area contributed by atoms with Crippen molar-refractivity contribution >= 4 is 15.7 Å². The van der Waals surface area contributed by atoms with Crippen molar-refractivity contribution < 1.29 is 17.7 Å². The van der Waals surface area contributed by atoms with E-state index >= 15 is 0 Å². The van der Waals surface area contributed by atoms with Crippen LogP contribution >= 0.6 is 0 Å². The fourth-order valence-corrected chi connectivity index (χ4v) is 3.69. The summed E-state index contributed by atoms with van der Waals surface area (Å²) in [4.78, 5) is 9.43. The minimum Gasteiger partial charge on any atom is -0.327 e. The van der Waals surface area contributed by atoms with E-state index in [1.54, 1.807) is 0 Å². The predicted octanol–water partition coefficient (Wildman–Crippen LogP) is 0.846. The van der Waals surface area contributed by atoms with Crippen molar-refractivity contribution in [2.45, 2.75) is 23.8 Å². The van der Waals surface area contributed by atoms with Crippen LogP contribution in [-0.2, 0) is 10.0 Å². The molecule has 0 amide bonds. The van der Waals surface area contributed by atoms with E-state index in [1.807, 2.05) is 0 Å². The summed E-state index contributed by atoms with van der Waals surface area (Å²) < 4.78 is 39.1. The molecule has 1 heterocycles. The molecule has 1 aliphatic rings. The van der Waals surface area contributed by atoms with E-state index in [1.165, 1.54) is 4.31 Å². The van der Waals surface area contributed by atoms with Crippen LogP contribution in [0.5, 0.6) is 0 Å². The topological polar surface area (TPSA) is 107 Å². The zero-order chi connectivity index (χ0) is 14.9. The van der Waals surface area contributed by atoms with Gasteiger partial charge in [0.2, 0.25) is 15.8 Å². The number of benzene rings is 1. The van der Waals surface area contributed by atoms with Gasteiger partial charge in [0.25, 0.3) is 0 Å². The number of sulfonamides is 1. The molecule has 0 radical (unpaired) electrons. The van der Waals surface area contributed by atoms with Gasteiger partial charge in [0.05, 0.1) is 9.82 Å². The molecular weight excluding hydrogens is 289 g/mol. The molecule has 2 N–H and O–H groups in total. The second-order valence-corrected chi connectivity index (χ2v) is 6.57. The molecule has 1 aliphatic heterocycles. The number of hydrogen-bond acceptors (Lipinski definition) is 5. The van der Waals surface area contributed by atoms with E-state index < -0.39 is 26.5 Å². The van der Waals surface area contributed by atoms with Crippen LogP contribution in [0.4, 0.5) is 10.1 Å². The average molecular weight is 303 g/mol. The lowest BCUT2D eigenvalue weighted by atomic mass is 10.1. The van der Waals surface area contributed by atoms with Crippen molar-refractivity contribution in [3.8, 4) is 0 Å². The van der Waals surface area contributed by atoms with Crippen molar-refractivity contribution in [2.75, 3.05) is 13.1 Å². The van der Waals surface area contributed by atoms with Crippen molar-refractivity contribution in [1.29, 1.82) is 0 Å². The Morgan fingerprint density at radius 3 is 2.75 bits per heavy atom. The summed E-state index contributed by atoms with van der Waals surface area (Å²) in [5.74, 6) is -1.07. The third kappa shape index (κ3) is 2.79. The van der Waals surface area contributed by atoms with Crippen molar-refractivity contribution in [2.24, 2.45) is 5.73 Å². The number of nitrogens with two attached hydrogens (primary N) is 1. The summed E-state index contributed by atoms with van der Waals surface area (Å²) >= 11 is 0. The molecule has 9 heteroatoms. The van der Waals surface area contributed by atoms with Gasteiger partial charge in [-0.05, 0) is 25.0 Å². The lowest BCUT2D eigenvalue weighted by molar-refractivity contribution is -0.387. The lowest BCUT2D eigenvalue weighted by Crippen LogP contribution is -2.45. The molecule has 0 saturated carbocycles. The Kier molecular flexibility index (Phi) is 4.02. The van der Waals surface area contributed by atoms with Gasteiger partial charge in [-0.3, -0.25) is 10.1 Å². The monoisotopic (exact) mass is 303 g/mol. The Hall–Kier alpha value is -1.58. The van der Waals surface area contributed by atoms with Gasteiger partial charge in [-0.25, -0.2) is 8.42 Å². The molecule has 1 fully saturated rings. The highest BCUT2D eigenvalue weighted by atomic mass is 32.2. The first kappa shape index (κ1) is 14.8. The Bertz CT molecular complexity index is 635. The van der Waals surface area contributed by atoms with E-state index in [4.69, 9.17) is 5.73 Å². The quantitative estimate of drug-likeness (QED) is 0.658. The Labute approximate surface area is 115 Å². The molecule has 20 heavy (non-hydrogen) atoms. The van der Waals surface area contributed by atoms with Crippen LogP contribution < -0.4 is 5.73 Å². The largest absolute Gasteiger partial charge is 0.327 e. The molecule has 1 unspecified atom stereocenters. The molecule has 0 aromatic heterocycles. The van der Waals surface area contributed by atoms with Crippen molar-refractivity contribution in [1.82, 2.24) is 4.31 Å². The fourth-order valence-electron chi connectivity index (χ4n) is 2.13. The smallest absolute Gasteiger partial charge is 0.306 e. The molecule has 0 spiro atoms. The van der Waals surface area contributed by atoms with Gasteiger partial charge >= 0.3 is 5.69 Å². The minimum atomic E-state index is -3.89. The highest BCUT2D eigenvalue weighted by molar-refractivity contribution is 7.89. The van der Waals surface area contributed by atoms with Gasteiger partial charge in [-0.1, -0.05) is 0 Å². The number of nitrogens with zero attached hydrogens (tertiary/aromatic N) is 2. The molecule has 1 aromatic rings. The summed E-state index contributed by atoms with van der Waals surface area (Å²) in [6.45, 7) is 0.467. The molecule has 1 aromatic carbocycles. The van der Waals surface area contributed by atoms with Gasteiger partial charge in [0.15, 0.2) is 0 Å². The molecule has 2 rings (SSSR count). The van der Waals surface area contributed by atoms with Gasteiger partial charge in [0.1, 0.15) is 0 Å². The molecule has 0 aliphatic carbocycles. The minimum absolute atomic E-state index is 0.160. The van der Waals surface area contributed by atoms with Crippen LogP contribution in [0.1, 0.15) is 12.8 Å². The zero-order valence-electron chi connectivity index (χ0n) is 10.5. The summed E-state index contributed by atoms with van der Waals surface area (Å²) in [6.07, 6.45) is 1.36. The summed E-state index contributed by atoms with van der Waals surface area (Å²) in [6, 6.07) is 2.30. The van der Waals surface area contributed by atoms with Crippen LogP contribution in [-0.4, -0.2) is 36.8 Å². The maximum absolute atomic E-state index is 13.2. The third-order valence-corrected chi connectivity index (χ3v) is 5.03. The Morgan fingerprint density at radius 1 is 1.45 bits per heavy atom. The SMILES string of the molecule is NC1CCCN(S(=O)(=O)c2ccc(F)c([N+](=O)[O-])c2)C1. The van der Waals surface area contributed by atoms with E-state index in [9.17, 15) is 22.9 Å². The zero-order valence-corrected chi connectivity index (χ0v) is 11.3. The standard InChI is InChI=1S/C11H14FN3O4S/c12-10-4-3-9(6-11(10)15(16)17)20(18,19)14-5-1-2-8(13)7-14/h3-4,6,8H,1-2,5,7,13H2. The number of rotatable bonds is 3. The van der Waals surface area contributed by atoms with Gasteiger partial charge in [-0.2, -0.15) is 8.70 Å². The maximum atomic E-state index is 13.2. The number of nitro groups is 1. The highest BCUT2D eigenvalue weighted by Gasteiger charge is 2.30. The summed E-state index contributed by atoms with van der Waals surface area (Å²) in [5.41, 5.74) is 4.87. The summed E-state index contributed by atoms with van der Waals surface area (Å²) in [7, 11) is -3.89. The van der Waals surface area contributed by atoms with Crippen molar-refractivity contribution in [3.05, 3.63) is 34.1 Å². The summed E-state index contributed by atoms with van der Waals surface area (Å²) in [5, 5.41) is 10.7. The average Bonchev–Trinajstić information content (AvgIpc) is 2.38. The van der Waals surface area contributed by atoms with Gasteiger partial charge in [0, 0.05) is 25.2 Å². The van der Waals surface area contributed by atoms with Gasteiger partial charge < -0.3 is 5.73 Å². The number of hydrogen-bond donors (Lipinski definition) is 1. The second kappa shape index (κ2) is 5.43. The van der Waals surface area contributed by atoms with E-state index in [-0.39, 0.29) is 17.5 Å². The molecule has 7 nitrogen and oxygen atoms in total. The Morgan fingerprint density at radius 2 is 2.15 bits per heavy atom. The van der Waals surface area contributed by atoms with Crippen LogP contribution in [0.25, 0.3) is 0 Å².